The van der Waals surface area contributed by atoms with Crippen LogP contribution in [0.1, 0.15) is 38.5 Å². The van der Waals surface area contributed by atoms with Crippen molar-refractivity contribution in [2.75, 3.05) is 13.1 Å². The Morgan fingerprint density at radius 1 is 1.06 bits per heavy atom. The molecule has 1 saturated carbocycles. The van der Waals surface area contributed by atoms with Gasteiger partial charge in [-0.05, 0) is 12.8 Å². The molecule has 0 unspecified atom stereocenters. The van der Waals surface area contributed by atoms with Crippen LogP contribution in [-0.4, -0.2) is 35.4 Å². The van der Waals surface area contributed by atoms with Crippen molar-refractivity contribution in [2.45, 2.75) is 50.0 Å². The van der Waals surface area contributed by atoms with Gasteiger partial charge < -0.3 is 5.73 Å². The minimum Gasteiger partial charge on any atom is -0.368 e. The SMILES string of the molecule is NC(=O)C1(N2CCC(F)(F)CC2)CCCC1. The molecule has 1 saturated heterocycles. The number of hydrogen-bond acceptors (Lipinski definition) is 2. The van der Waals surface area contributed by atoms with Crippen molar-refractivity contribution in [3.05, 3.63) is 0 Å². The van der Waals surface area contributed by atoms with E-state index in [1.807, 2.05) is 4.90 Å². The lowest BCUT2D eigenvalue weighted by molar-refractivity contribution is -0.136. The van der Waals surface area contributed by atoms with Crippen molar-refractivity contribution < 1.29 is 13.6 Å². The molecule has 2 fully saturated rings. The molecule has 1 aliphatic carbocycles. The highest BCUT2D eigenvalue weighted by atomic mass is 19.3. The van der Waals surface area contributed by atoms with E-state index in [0.29, 0.717) is 0 Å². The molecule has 16 heavy (non-hydrogen) atoms. The van der Waals surface area contributed by atoms with Gasteiger partial charge in [-0.1, -0.05) is 12.8 Å². The van der Waals surface area contributed by atoms with Crippen LogP contribution in [0.2, 0.25) is 0 Å². The predicted molar refractivity (Wildman–Crippen MR) is 56.1 cm³/mol. The highest BCUT2D eigenvalue weighted by molar-refractivity contribution is 5.85. The Kier molecular flexibility index (Phi) is 2.90. The Hall–Kier alpha value is -0.710. The van der Waals surface area contributed by atoms with E-state index in [1.165, 1.54) is 0 Å². The molecule has 0 aromatic rings. The summed E-state index contributed by atoms with van der Waals surface area (Å²) < 4.78 is 26.1. The van der Waals surface area contributed by atoms with Gasteiger partial charge in [0.15, 0.2) is 0 Å². The molecule has 0 aromatic heterocycles. The summed E-state index contributed by atoms with van der Waals surface area (Å²) in [4.78, 5) is 13.5. The quantitative estimate of drug-likeness (QED) is 0.784. The van der Waals surface area contributed by atoms with Gasteiger partial charge in [-0.2, -0.15) is 0 Å². The van der Waals surface area contributed by atoms with Gasteiger partial charge in [-0.3, -0.25) is 9.69 Å². The monoisotopic (exact) mass is 232 g/mol. The third-order valence-corrected chi connectivity index (χ3v) is 3.99. The van der Waals surface area contributed by atoms with E-state index in [2.05, 4.69) is 0 Å². The topological polar surface area (TPSA) is 46.3 Å². The van der Waals surface area contributed by atoms with Crippen molar-refractivity contribution in [3.8, 4) is 0 Å². The fourth-order valence-electron chi connectivity index (χ4n) is 2.94. The number of primary amides is 1. The van der Waals surface area contributed by atoms with Crippen molar-refractivity contribution in [2.24, 2.45) is 5.73 Å². The van der Waals surface area contributed by atoms with E-state index in [9.17, 15) is 13.6 Å². The first-order valence-corrected chi connectivity index (χ1v) is 5.89. The van der Waals surface area contributed by atoms with E-state index >= 15 is 0 Å². The summed E-state index contributed by atoms with van der Waals surface area (Å²) >= 11 is 0. The van der Waals surface area contributed by atoms with Crippen LogP contribution < -0.4 is 5.73 Å². The summed E-state index contributed by atoms with van der Waals surface area (Å²) in [7, 11) is 0. The minimum atomic E-state index is -2.56. The third kappa shape index (κ3) is 1.93. The van der Waals surface area contributed by atoms with E-state index in [1.54, 1.807) is 0 Å². The molecule has 3 nitrogen and oxygen atoms in total. The molecule has 5 heteroatoms. The molecular weight excluding hydrogens is 214 g/mol. The number of nitrogens with two attached hydrogens (primary N) is 1. The van der Waals surface area contributed by atoms with Crippen molar-refractivity contribution in [1.82, 2.24) is 4.90 Å². The van der Waals surface area contributed by atoms with Gasteiger partial charge in [-0.25, -0.2) is 8.78 Å². The number of piperidine rings is 1. The number of halogens is 2. The minimum absolute atomic E-state index is 0.151. The number of rotatable bonds is 2. The summed E-state index contributed by atoms with van der Waals surface area (Å²) in [5.41, 5.74) is 4.83. The second kappa shape index (κ2) is 3.95. The number of nitrogens with zero attached hydrogens (tertiary/aromatic N) is 1. The Bertz CT molecular complexity index is 278. The van der Waals surface area contributed by atoms with Crippen LogP contribution in [-0.2, 0) is 4.79 Å². The molecular formula is C11H18F2N2O. The first-order chi connectivity index (χ1) is 7.46. The van der Waals surface area contributed by atoms with Gasteiger partial charge in [0.2, 0.25) is 5.91 Å². The normalized spacial score (nSPS) is 29.1. The van der Waals surface area contributed by atoms with Crippen molar-refractivity contribution in [3.63, 3.8) is 0 Å². The van der Waals surface area contributed by atoms with Gasteiger partial charge in [0.25, 0.3) is 5.92 Å². The summed E-state index contributed by atoms with van der Waals surface area (Å²) in [5.74, 6) is -2.90. The fraction of sp³-hybridized carbons (Fsp3) is 0.909. The van der Waals surface area contributed by atoms with Crippen LogP contribution in [0.5, 0.6) is 0 Å². The Labute approximate surface area is 94.0 Å². The van der Waals surface area contributed by atoms with E-state index < -0.39 is 11.5 Å². The second-order valence-corrected chi connectivity index (χ2v) is 4.95. The average Bonchev–Trinajstić information content (AvgIpc) is 2.67. The lowest BCUT2D eigenvalue weighted by Gasteiger charge is -2.42. The molecule has 1 aliphatic heterocycles. The van der Waals surface area contributed by atoms with Crippen LogP contribution in [0.25, 0.3) is 0 Å². The molecule has 0 radical (unpaired) electrons. The van der Waals surface area contributed by atoms with Gasteiger partial charge in [-0.15, -0.1) is 0 Å². The standard InChI is InChI=1S/C11H18F2N2O/c12-11(13)5-7-15(8-6-11)10(9(14)16)3-1-2-4-10/h1-8H2,(H2,14,16). The molecule has 0 bridgehead atoms. The van der Waals surface area contributed by atoms with Gasteiger partial charge >= 0.3 is 0 Å². The molecule has 1 heterocycles. The van der Waals surface area contributed by atoms with Crippen molar-refractivity contribution >= 4 is 5.91 Å². The summed E-state index contributed by atoms with van der Waals surface area (Å²) in [5, 5.41) is 0. The zero-order chi connectivity index (χ0) is 11.8. The maximum atomic E-state index is 13.0. The summed E-state index contributed by atoms with van der Waals surface area (Å²) in [6.45, 7) is 0.575. The zero-order valence-electron chi connectivity index (χ0n) is 9.35. The maximum Gasteiger partial charge on any atom is 0.250 e. The van der Waals surface area contributed by atoms with Crippen LogP contribution in [0.3, 0.4) is 0 Å². The van der Waals surface area contributed by atoms with E-state index in [-0.39, 0.29) is 31.8 Å². The molecule has 0 aromatic carbocycles. The molecule has 0 spiro atoms. The first kappa shape index (κ1) is 11.8. The van der Waals surface area contributed by atoms with Crippen LogP contribution in [0.4, 0.5) is 8.78 Å². The van der Waals surface area contributed by atoms with Crippen LogP contribution >= 0.6 is 0 Å². The first-order valence-electron chi connectivity index (χ1n) is 5.89. The van der Waals surface area contributed by atoms with Crippen LogP contribution in [0.15, 0.2) is 0 Å². The van der Waals surface area contributed by atoms with E-state index in [0.717, 1.165) is 25.7 Å². The van der Waals surface area contributed by atoms with Crippen LogP contribution in [0, 0.1) is 0 Å². The second-order valence-electron chi connectivity index (χ2n) is 4.95. The number of carbonyl (C=O) groups is 1. The summed E-state index contributed by atoms with van der Waals surface area (Å²) in [6, 6.07) is 0. The lowest BCUT2D eigenvalue weighted by atomic mass is 9.91. The maximum absolute atomic E-state index is 13.0. The number of alkyl halides is 2. The molecule has 92 valence electrons. The number of carbonyl (C=O) groups excluding carboxylic acids is 1. The van der Waals surface area contributed by atoms with E-state index in [4.69, 9.17) is 5.73 Å². The van der Waals surface area contributed by atoms with Crippen molar-refractivity contribution in [1.29, 1.82) is 0 Å². The molecule has 1 amide bonds. The smallest absolute Gasteiger partial charge is 0.250 e. The molecule has 2 N–H and O–H groups in total. The average molecular weight is 232 g/mol. The zero-order valence-corrected chi connectivity index (χ0v) is 9.35. The lowest BCUT2D eigenvalue weighted by Crippen LogP contribution is -2.59. The number of amides is 1. The third-order valence-electron chi connectivity index (χ3n) is 3.99. The fourth-order valence-corrected chi connectivity index (χ4v) is 2.94. The highest BCUT2D eigenvalue weighted by Crippen LogP contribution is 2.39. The Morgan fingerprint density at radius 3 is 2.00 bits per heavy atom. The predicted octanol–water partition coefficient (Wildman–Crippen LogP) is 1.52. The number of hydrogen-bond donors (Lipinski definition) is 1. The molecule has 0 atom stereocenters. The Balaban J connectivity index is 2.09. The summed E-state index contributed by atoms with van der Waals surface area (Å²) in [6.07, 6.45) is 3.09. The number of likely N-dealkylation sites (tertiary alicyclic amines) is 1. The highest BCUT2D eigenvalue weighted by Gasteiger charge is 2.48. The van der Waals surface area contributed by atoms with Gasteiger partial charge in [0.1, 0.15) is 5.54 Å². The molecule has 2 rings (SSSR count). The van der Waals surface area contributed by atoms with Gasteiger partial charge in [0.05, 0.1) is 0 Å². The Morgan fingerprint density at radius 2 is 1.56 bits per heavy atom. The van der Waals surface area contributed by atoms with Gasteiger partial charge in [0, 0.05) is 25.9 Å². The largest absolute Gasteiger partial charge is 0.368 e. The molecule has 2 aliphatic rings.